The molecule has 0 aliphatic rings. The minimum absolute atomic E-state index is 0.0316. The van der Waals surface area contributed by atoms with Crippen LogP contribution in [0, 0.1) is 5.92 Å². The Hall–Kier alpha value is -0.940. The van der Waals surface area contributed by atoms with E-state index in [1.807, 2.05) is 20.8 Å². The average molecular weight is 301 g/mol. The van der Waals surface area contributed by atoms with E-state index in [0.717, 1.165) is 0 Å². The predicted molar refractivity (Wildman–Crippen MR) is 82.9 cm³/mol. The largest absolute Gasteiger partial charge is 0.460 e. The van der Waals surface area contributed by atoms with Crippen LogP contribution in [0.2, 0.25) is 0 Å². The lowest BCUT2D eigenvalue weighted by atomic mass is 9.94. The molecule has 5 nitrogen and oxygen atoms in total. The van der Waals surface area contributed by atoms with Gasteiger partial charge in [-0.05, 0) is 55.4 Å². The molecule has 0 bridgehead atoms. The zero-order chi connectivity index (χ0) is 17.0. The molecule has 0 radical (unpaired) electrons. The highest BCUT2D eigenvalue weighted by atomic mass is 16.6. The number of ether oxygens (including phenoxy) is 2. The SMILES string of the molecule is C[C@H](N)C(=O)C[C@H](C(=O)OC(C)(C)C)[C@@H](C)OC(C)(C)C. The van der Waals surface area contributed by atoms with Crippen LogP contribution in [-0.4, -0.2) is 35.1 Å². The number of hydrogen-bond donors (Lipinski definition) is 1. The first-order valence-electron chi connectivity index (χ1n) is 7.42. The normalized spacial score (nSPS) is 17.0. The first-order chi connectivity index (χ1) is 9.23. The smallest absolute Gasteiger partial charge is 0.312 e. The summed E-state index contributed by atoms with van der Waals surface area (Å²) < 4.78 is 11.2. The molecule has 0 aromatic carbocycles. The third-order valence-corrected chi connectivity index (χ3v) is 2.74. The summed E-state index contributed by atoms with van der Waals surface area (Å²) in [4.78, 5) is 24.3. The Labute approximate surface area is 128 Å². The Morgan fingerprint density at radius 1 is 1.00 bits per heavy atom. The predicted octanol–water partition coefficient (Wildman–Crippen LogP) is 2.45. The Balaban J connectivity index is 5.09. The fraction of sp³-hybridized carbons (Fsp3) is 0.875. The summed E-state index contributed by atoms with van der Waals surface area (Å²) in [5.41, 5.74) is 4.59. The highest BCUT2D eigenvalue weighted by molar-refractivity contribution is 5.88. The summed E-state index contributed by atoms with van der Waals surface area (Å²) in [6.07, 6.45) is -0.397. The van der Waals surface area contributed by atoms with Gasteiger partial charge in [0.25, 0.3) is 0 Å². The van der Waals surface area contributed by atoms with Crippen molar-refractivity contribution in [1.82, 2.24) is 0 Å². The lowest BCUT2D eigenvalue weighted by molar-refractivity contribution is -0.171. The van der Waals surface area contributed by atoms with Gasteiger partial charge in [-0.2, -0.15) is 0 Å². The van der Waals surface area contributed by atoms with Crippen LogP contribution in [0.25, 0.3) is 0 Å². The summed E-state index contributed by atoms with van der Waals surface area (Å²) in [7, 11) is 0. The van der Waals surface area contributed by atoms with Crippen LogP contribution < -0.4 is 5.73 Å². The third-order valence-electron chi connectivity index (χ3n) is 2.74. The molecule has 2 N–H and O–H groups in total. The lowest BCUT2D eigenvalue weighted by Crippen LogP contribution is -2.41. The van der Waals surface area contributed by atoms with E-state index in [2.05, 4.69) is 0 Å². The van der Waals surface area contributed by atoms with E-state index in [9.17, 15) is 9.59 Å². The molecule has 0 amide bonds. The zero-order valence-corrected chi connectivity index (χ0v) is 14.6. The van der Waals surface area contributed by atoms with E-state index in [4.69, 9.17) is 15.2 Å². The highest BCUT2D eigenvalue weighted by Gasteiger charge is 2.34. The molecule has 0 aliphatic heterocycles. The third kappa shape index (κ3) is 8.83. The van der Waals surface area contributed by atoms with Gasteiger partial charge in [0.1, 0.15) is 11.4 Å². The van der Waals surface area contributed by atoms with Crippen LogP contribution in [0.5, 0.6) is 0 Å². The van der Waals surface area contributed by atoms with Crippen LogP contribution in [0.15, 0.2) is 0 Å². The molecule has 21 heavy (non-hydrogen) atoms. The van der Waals surface area contributed by atoms with E-state index in [-0.39, 0.29) is 12.2 Å². The van der Waals surface area contributed by atoms with Crippen molar-refractivity contribution < 1.29 is 19.1 Å². The molecule has 0 aliphatic carbocycles. The number of carbonyl (C=O) groups is 2. The Morgan fingerprint density at radius 3 is 1.81 bits per heavy atom. The number of rotatable bonds is 6. The van der Waals surface area contributed by atoms with Crippen LogP contribution in [-0.2, 0) is 19.1 Å². The van der Waals surface area contributed by atoms with Gasteiger partial charge in [0.05, 0.1) is 23.7 Å². The average Bonchev–Trinajstić information content (AvgIpc) is 2.19. The van der Waals surface area contributed by atoms with E-state index >= 15 is 0 Å². The first kappa shape index (κ1) is 20.1. The van der Waals surface area contributed by atoms with E-state index in [1.54, 1.807) is 34.6 Å². The maximum atomic E-state index is 12.3. The summed E-state index contributed by atoms with van der Waals surface area (Å²) >= 11 is 0. The van der Waals surface area contributed by atoms with Crippen LogP contribution in [0.4, 0.5) is 0 Å². The van der Waals surface area contributed by atoms with Gasteiger partial charge in [0, 0.05) is 6.42 Å². The fourth-order valence-electron chi connectivity index (χ4n) is 1.86. The van der Waals surface area contributed by atoms with Gasteiger partial charge in [0.15, 0.2) is 0 Å². The Morgan fingerprint density at radius 2 is 1.48 bits per heavy atom. The van der Waals surface area contributed by atoms with Gasteiger partial charge in [-0.15, -0.1) is 0 Å². The molecule has 0 aromatic rings. The van der Waals surface area contributed by atoms with Gasteiger partial charge in [-0.3, -0.25) is 9.59 Å². The van der Waals surface area contributed by atoms with E-state index < -0.39 is 35.2 Å². The second-order valence-corrected chi connectivity index (χ2v) is 7.53. The molecule has 3 atom stereocenters. The second-order valence-electron chi connectivity index (χ2n) is 7.53. The Bertz CT molecular complexity index is 363. The van der Waals surface area contributed by atoms with E-state index in [0.29, 0.717) is 0 Å². The van der Waals surface area contributed by atoms with Gasteiger partial charge in [-0.1, -0.05) is 0 Å². The number of carbonyl (C=O) groups excluding carboxylic acids is 2. The van der Waals surface area contributed by atoms with Crippen molar-refractivity contribution in [3.63, 3.8) is 0 Å². The molecule has 0 fully saturated rings. The molecule has 0 rings (SSSR count). The standard InChI is InChI=1S/C16H31NO4/c1-10(17)13(18)9-12(11(2)20-15(3,4)5)14(19)21-16(6,7)8/h10-12H,9,17H2,1-8H3/t10-,11+,12-/m0/s1. The highest BCUT2D eigenvalue weighted by Crippen LogP contribution is 2.23. The maximum Gasteiger partial charge on any atom is 0.312 e. The lowest BCUT2D eigenvalue weighted by Gasteiger charge is -2.31. The molecule has 0 aromatic heterocycles. The van der Waals surface area contributed by atoms with Gasteiger partial charge in [0.2, 0.25) is 0 Å². The quantitative estimate of drug-likeness (QED) is 0.762. The number of esters is 1. The number of hydrogen-bond acceptors (Lipinski definition) is 5. The summed E-state index contributed by atoms with van der Waals surface area (Å²) in [6, 6.07) is -0.600. The molecule has 0 unspecified atom stereocenters. The summed E-state index contributed by atoms with van der Waals surface area (Å²) in [5, 5.41) is 0. The van der Waals surface area contributed by atoms with Crippen LogP contribution in [0.1, 0.15) is 61.8 Å². The molecule has 124 valence electrons. The van der Waals surface area contributed by atoms with Crippen LogP contribution >= 0.6 is 0 Å². The molecule has 0 saturated carbocycles. The maximum absolute atomic E-state index is 12.3. The van der Waals surface area contributed by atoms with Crippen molar-refractivity contribution in [3.05, 3.63) is 0 Å². The first-order valence-corrected chi connectivity index (χ1v) is 7.42. The summed E-state index contributed by atoms with van der Waals surface area (Å²) in [5.74, 6) is -1.24. The fourth-order valence-corrected chi connectivity index (χ4v) is 1.86. The molecule has 0 saturated heterocycles. The van der Waals surface area contributed by atoms with Gasteiger partial charge in [-0.25, -0.2) is 0 Å². The van der Waals surface area contributed by atoms with Crippen molar-refractivity contribution in [2.24, 2.45) is 11.7 Å². The van der Waals surface area contributed by atoms with E-state index in [1.165, 1.54) is 0 Å². The minimum Gasteiger partial charge on any atom is -0.460 e. The number of ketones is 1. The molecule has 0 heterocycles. The Kier molecular flexibility index (Phi) is 7.03. The second kappa shape index (κ2) is 7.36. The summed E-state index contributed by atoms with van der Waals surface area (Å²) in [6.45, 7) is 14.5. The molecule has 5 heteroatoms. The van der Waals surface area contributed by atoms with Crippen molar-refractivity contribution in [2.75, 3.05) is 0 Å². The van der Waals surface area contributed by atoms with Crippen molar-refractivity contribution >= 4 is 11.8 Å². The van der Waals surface area contributed by atoms with Crippen molar-refractivity contribution in [2.45, 2.75) is 85.2 Å². The van der Waals surface area contributed by atoms with Crippen molar-refractivity contribution in [3.8, 4) is 0 Å². The topological polar surface area (TPSA) is 78.6 Å². The minimum atomic E-state index is -0.651. The molecular weight excluding hydrogens is 270 g/mol. The van der Waals surface area contributed by atoms with Crippen LogP contribution in [0.3, 0.4) is 0 Å². The number of nitrogens with two attached hydrogens (primary N) is 1. The number of Topliss-reactive ketones (excluding diaryl/α,β-unsaturated/α-hetero) is 1. The zero-order valence-electron chi connectivity index (χ0n) is 14.6. The molecular formula is C16H31NO4. The monoisotopic (exact) mass is 301 g/mol. The van der Waals surface area contributed by atoms with Gasteiger partial charge >= 0.3 is 5.97 Å². The van der Waals surface area contributed by atoms with Crippen molar-refractivity contribution in [1.29, 1.82) is 0 Å². The van der Waals surface area contributed by atoms with Gasteiger partial charge < -0.3 is 15.2 Å². The molecule has 0 spiro atoms.